The molecule has 7 heteroatoms. The number of aryl methyl sites for hydroxylation is 1. The van der Waals surface area contributed by atoms with E-state index in [0.717, 1.165) is 5.56 Å². The topological polar surface area (TPSA) is 84.5 Å². The summed E-state index contributed by atoms with van der Waals surface area (Å²) in [4.78, 5) is 36.8. The van der Waals surface area contributed by atoms with Gasteiger partial charge in [0, 0.05) is 16.6 Å². The molecular formula is C21H24N2O4S. The Morgan fingerprint density at radius 2 is 1.79 bits per heavy atom. The Balaban J connectivity index is 1.91. The number of rotatable bonds is 8. The molecule has 0 spiro atoms. The molecule has 0 saturated carbocycles. The van der Waals surface area contributed by atoms with Gasteiger partial charge in [0.2, 0.25) is 5.91 Å². The summed E-state index contributed by atoms with van der Waals surface area (Å²) in [6, 6.07) is 14.3. The van der Waals surface area contributed by atoms with Crippen molar-refractivity contribution < 1.29 is 19.1 Å². The second-order valence-electron chi connectivity index (χ2n) is 6.50. The summed E-state index contributed by atoms with van der Waals surface area (Å²) in [7, 11) is 0. The minimum absolute atomic E-state index is 0.0558. The zero-order valence-corrected chi connectivity index (χ0v) is 17.0. The number of hydrogen-bond donors (Lipinski definition) is 2. The number of nitrogens with one attached hydrogen (secondary N) is 2. The number of amides is 2. The fourth-order valence-corrected chi connectivity index (χ4v) is 3.25. The van der Waals surface area contributed by atoms with Gasteiger partial charge in [-0.2, -0.15) is 0 Å². The van der Waals surface area contributed by atoms with Gasteiger partial charge in [-0.15, -0.1) is 11.8 Å². The van der Waals surface area contributed by atoms with Crippen molar-refractivity contribution in [2.75, 3.05) is 17.7 Å². The van der Waals surface area contributed by atoms with Gasteiger partial charge in [-0.25, -0.2) is 4.79 Å². The smallest absolute Gasteiger partial charge is 0.339 e. The fraction of sp³-hybridized carbons (Fsp3) is 0.286. The van der Waals surface area contributed by atoms with Crippen molar-refractivity contribution in [3.8, 4) is 0 Å². The van der Waals surface area contributed by atoms with Gasteiger partial charge in [0.05, 0.1) is 11.3 Å². The van der Waals surface area contributed by atoms with Crippen LogP contribution in [0, 0.1) is 6.92 Å². The lowest BCUT2D eigenvalue weighted by Crippen LogP contribution is -2.31. The lowest BCUT2D eigenvalue weighted by Gasteiger charge is -2.11. The molecule has 0 aliphatic rings. The molecule has 2 amide bonds. The van der Waals surface area contributed by atoms with Crippen LogP contribution in [0.4, 0.5) is 5.69 Å². The van der Waals surface area contributed by atoms with E-state index in [0.29, 0.717) is 16.1 Å². The Morgan fingerprint density at radius 3 is 2.50 bits per heavy atom. The van der Waals surface area contributed by atoms with Crippen LogP contribution in [0.3, 0.4) is 0 Å². The van der Waals surface area contributed by atoms with E-state index in [2.05, 4.69) is 10.6 Å². The number of hydrogen-bond acceptors (Lipinski definition) is 5. The summed E-state index contributed by atoms with van der Waals surface area (Å²) in [5, 5.41) is 5.49. The van der Waals surface area contributed by atoms with Crippen molar-refractivity contribution in [1.82, 2.24) is 5.32 Å². The number of thioether (sulfide) groups is 1. The first-order valence-corrected chi connectivity index (χ1v) is 9.88. The first-order chi connectivity index (χ1) is 13.3. The Hall–Kier alpha value is -2.80. The predicted octanol–water partition coefficient (Wildman–Crippen LogP) is 3.41. The Kier molecular flexibility index (Phi) is 8.07. The van der Waals surface area contributed by atoms with Gasteiger partial charge in [0.15, 0.2) is 6.61 Å². The molecule has 0 radical (unpaired) electrons. The lowest BCUT2D eigenvalue weighted by atomic mass is 10.2. The molecule has 0 aliphatic carbocycles. The molecule has 2 N–H and O–H groups in total. The number of benzene rings is 2. The molecule has 148 valence electrons. The molecule has 0 heterocycles. The van der Waals surface area contributed by atoms with Crippen molar-refractivity contribution >= 4 is 35.2 Å². The summed E-state index contributed by atoms with van der Waals surface area (Å²) < 4.78 is 5.14. The van der Waals surface area contributed by atoms with E-state index in [9.17, 15) is 14.4 Å². The van der Waals surface area contributed by atoms with Crippen molar-refractivity contribution in [2.45, 2.75) is 31.7 Å². The van der Waals surface area contributed by atoms with E-state index in [4.69, 9.17) is 4.74 Å². The molecule has 0 bridgehead atoms. The third-order valence-corrected chi connectivity index (χ3v) is 4.63. The van der Waals surface area contributed by atoms with Crippen LogP contribution in [0.5, 0.6) is 0 Å². The highest BCUT2D eigenvalue weighted by atomic mass is 32.2. The van der Waals surface area contributed by atoms with Gasteiger partial charge in [0.25, 0.3) is 5.91 Å². The zero-order valence-electron chi connectivity index (χ0n) is 16.2. The van der Waals surface area contributed by atoms with Gasteiger partial charge in [-0.05, 0) is 50.6 Å². The number of carbonyl (C=O) groups is 3. The second kappa shape index (κ2) is 10.5. The zero-order chi connectivity index (χ0) is 20.5. The summed E-state index contributed by atoms with van der Waals surface area (Å²) in [5.74, 6) is -0.941. The molecule has 2 aromatic rings. The van der Waals surface area contributed by atoms with E-state index in [-0.39, 0.29) is 24.3 Å². The molecule has 28 heavy (non-hydrogen) atoms. The largest absolute Gasteiger partial charge is 0.452 e. The summed E-state index contributed by atoms with van der Waals surface area (Å²) in [5.41, 5.74) is 1.99. The van der Waals surface area contributed by atoms with Crippen LogP contribution in [0.1, 0.15) is 29.8 Å². The maximum atomic E-state index is 12.4. The van der Waals surface area contributed by atoms with Crippen molar-refractivity contribution in [3.05, 3.63) is 59.7 Å². The minimum atomic E-state index is -0.605. The van der Waals surface area contributed by atoms with Crippen LogP contribution in [-0.2, 0) is 14.3 Å². The number of anilines is 1. The summed E-state index contributed by atoms with van der Waals surface area (Å²) >= 11 is 1.25. The minimum Gasteiger partial charge on any atom is -0.452 e. The van der Waals surface area contributed by atoms with Gasteiger partial charge in [-0.3, -0.25) is 9.59 Å². The molecule has 2 aromatic carbocycles. The lowest BCUT2D eigenvalue weighted by molar-refractivity contribution is -0.119. The number of ether oxygens (including phenoxy) is 1. The van der Waals surface area contributed by atoms with Crippen LogP contribution in [0.2, 0.25) is 0 Å². The highest BCUT2D eigenvalue weighted by Gasteiger charge is 2.16. The summed E-state index contributed by atoms with van der Waals surface area (Å²) in [6.45, 7) is 5.30. The monoisotopic (exact) mass is 400 g/mol. The molecular weight excluding hydrogens is 376 g/mol. The maximum Gasteiger partial charge on any atom is 0.339 e. The van der Waals surface area contributed by atoms with E-state index < -0.39 is 11.9 Å². The van der Waals surface area contributed by atoms with Gasteiger partial charge in [-0.1, -0.05) is 24.3 Å². The molecule has 0 unspecified atom stereocenters. The molecule has 0 aliphatic heterocycles. The highest BCUT2D eigenvalue weighted by Crippen LogP contribution is 2.23. The van der Waals surface area contributed by atoms with E-state index >= 15 is 0 Å². The van der Waals surface area contributed by atoms with Crippen molar-refractivity contribution in [1.29, 1.82) is 0 Å². The number of carbonyl (C=O) groups excluding carboxylic acids is 3. The molecule has 0 fully saturated rings. The van der Waals surface area contributed by atoms with Crippen LogP contribution >= 0.6 is 11.8 Å². The Bertz CT molecular complexity index is 852. The second-order valence-corrected chi connectivity index (χ2v) is 7.52. The Labute approximate surface area is 169 Å². The summed E-state index contributed by atoms with van der Waals surface area (Å²) in [6.07, 6.45) is 0. The third kappa shape index (κ3) is 7.08. The van der Waals surface area contributed by atoms with E-state index in [1.54, 1.807) is 30.3 Å². The maximum absolute atomic E-state index is 12.4. The van der Waals surface area contributed by atoms with Crippen molar-refractivity contribution in [2.24, 2.45) is 0 Å². The molecule has 6 nitrogen and oxygen atoms in total. The first-order valence-electron chi connectivity index (χ1n) is 8.90. The number of esters is 1. The third-order valence-electron chi connectivity index (χ3n) is 3.55. The average Bonchev–Trinajstić information content (AvgIpc) is 2.64. The van der Waals surface area contributed by atoms with Crippen LogP contribution in [-0.4, -0.2) is 36.2 Å². The first kappa shape index (κ1) is 21.5. The van der Waals surface area contributed by atoms with Crippen LogP contribution in [0.25, 0.3) is 0 Å². The van der Waals surface area contributed by atoms with Gasteiger partial charge < -0.3 is 15.4 Å². The van der Waals surface area contributed by atoms with Crippen LogP contribution in [0.15, 0.2) is 53.4 Å². The van der Waals surface area contributed by atoms with E-state index in [1.165, 1.54) is 11.8 Å². The standard InChI is InChI=1S/C21H24N2O4S/c1-14(2)22-20(25)13-28-18-10-5-4-9-17(18)21(26)27-12-19(24)23-16-8-6-7-15(3)11-16/h4-11,14H,12-13H2,1-3H3,(H,22,25)(H,23,24). The van der Waals surface area contributed by atoms with E-state index in [1.807, 2.05) is 39.0 Å². The van der Waals surface area contributed by atoms with Crippen LogP contribution < -0.4 is 10.6 Å². The molecule has 0 saturated heterocycles. The van der Waals surface area contributed by atoms with Gasteiger partial charge in [0.1, 0.15) is 0 Å². The Morgan fingerprint density at radius 1 is 1.04 bits per heavy atom. The quantitative estimate of drug-likeness (QED) is 0.524. The molecule has 0 atom stereocenters. The fourth-order valence-electron chi connectivity index (χ4n) is 2.40. The average molecular weight is 401 g/mol. The normalized spacial score (nSPS) is 10.4. The highest BCUT2D eigenvalue weighted by molar-refractivity contribution is 8.00. The SMILES string of the molecule is Cc1cccc(NC(=O)COC(=O)c2ccccc2SCC(=O)NC(C)C)c1. The molecule has 0 aromatic heterocycles. The van der Waals surface area contributed by atoms with Gasteiger partial charge >= 0.3 is 5.97 Å². The predicted molar refractivity (Wildman–Crippen MR) is 111 cm³/mol. The van der Waals surface area contributed by atoms with Crippen molar-refractivity contribution in [3.63, 3.8) is 0 Å². The molecule has 2 rings (SSSR count).